The summed E-state index contributed by atoms with van der Waals surface area (Å²) in [5, 5.41) is 6.80. The molecule has 42 heavy (non-hydrogen) atoms. The van der Waals surface area contributed by atoms with Gasteiger partial charge in [-0.2, -0.15) is 0 Å². The number of halogens is 2. The second kappa shape index (κ2) is 14.0. The topological polar surface area (TPSA) is 73.6 Å². The predicted molar refractivity (Wildman–Crippen MR) is 163 cm³/mol. The minimum atomic E-state index is -0.342. The van der Waals surface area contributed by atoms with Gasteiger partial charge in [-0.3, -0.25) is 4.79 Å². The molecule has 1 aromatic heterocycles. The maximum Gasteiger partial charge on any atom is 0.274 e. The number of hydrogen-bond acceptors (Lipinski definition) is 5. The maximum atomic E-state index is 13.5. The van der Waals surface area contributed by atoms with Gasteiger partial charge in [0.25, 0.3) is 5.91 Å². The van der Waals surface area contributed by atoms with Crippen LogP contribution < -0.4 is 14.8 Å². The summed E-state index contributed by atoms with van der Waals surface area (Å²) in [4.78, 5) is 12.6. The third-order valence-corrected chi connectivity index (χ3v) is 7.40. The smallest absolute Gasteiger partial charge is 0.274 e. The van der Waals surface area contributed by atoms with E-state index in [1.165, 1.54) is 12.1 Å². The van der Waals surface area contributed by atoms with Crippen LogP contribution in [0.3, 0.4) is 0 Å². The summed E-state index contributed by atoms with van der Waals surface area (Å²) >= 11 is 3.54. The number of rotatable bonds is 12. The lowest BCUT2D eigenvalue weighted by molar-refractivity contribution is 0.0946. The molecule has 0 saturated carbocycles. The Bertz CT molecular complexity index is 1620. The Labute approximate surface area is 252 Å². The van der Waals surface area contributed by atoms with E-state index >= 15 is 0 Å². The van der Waals surface area contributed by atoms with Gasteiger partial charge in [-0.25, -0.2) is 4.39 Å². The third kappa shape index (κ3) is 7.25. The number of ether oxygens (including phenoxy) is 2. The Hall–Kier alpha value is -4.43. The molecule has 0 aliphatic heterocycles. The van der Waals surface area contributed by atoms with Crippen molar-refractivity contribution < 1.29 is 23.2 Å². The van der Waals surface area contributed by atoms with Crippen molar-refractivity contribution in [2.75, 3.05) is 6.54 Å². The number of hydrogen-bond donors (Lipinski definition) is 1. The highest BCUT2D eigenvalue weighted by Crippen LogP contribution is 2.41. The molecule has 0 radical (unpaired) electrons. The molecule has 1 amide bonds. The van der Waals surface area contributed by atoms with Crippen molar-refractivity contribution >= 4 is 21.8 Å². The zero-order valence-electron chi connectivity index (χ0n) is 23.1. The Morgan fingerprint density at radius 3 is 2.07 bits per heavy atom. The van der Waals surface area contributed by atoms with Crippen molar-refractivity contribution in [3.8, 4) is 22.8 Å². The zero-order chi connectivity index (χ0) is 29.3. The molecule has 0 spiro atoms. The number of carbonyl (C=O) groups excluding carboxylic acids is 1. The van der Waals surface area contributed by atoms with Crippen molar-refractivity contribution in [2.24, 2.45) is 0 Å². The van der Waals surface area contributed by atoms with Crippen LogP contribution in [0.5, 0.6) is 11.5 Å². The highest BCUT2D eigenvalue weighted by Gasteiger charge is 2.25. The molecule has 0 bridgehead atoms. The van der Waals surface area contributed by atoms with E-state index < -0.39 is 0 Å². The number of nitrogens with one attached hydrogen (secondary N) is 1. The lowest BCUT2D eigenvalue weighted by Crippen LogP contribution is -2.23. The van der Waals surface area contributed by atoms with Crippen molar-refractivity contribution in [3.63, 3.8) is 0 Å². The molecule has 214 valence electrons. The second-order valence-electron chi connectivity index (χ2n) is 9.66. The van der Waals surface area contributed by atoms with E-state index in [4.69, 9.17) is 14.0 Å². The minimum absolute atomic E-state index is 0.151. The fourth-order valence-electron chi connectivity index (χ4n) is 4.47. The first-order valence-electron chi connectivity index (χ1n) is 13.7. The molecule has 8 heteroatoms. The standard InChI is InChI=1S/C34H30BrFN2O4/c1-2-37-34(39)32-31(35)33(42-38-32)28-19-26(16-13-23-14-17-27(36)18-15-23)29(40-21-24-9-5-3-6-10-24)20-30(28)41-22-25-11-7-4-8-12-25/h3-12,14-15,17-20H,2,13,16,21-22H2,1H3,(H,37,39). The average Bonchev–Trinajstić information content (AvgIpc) is 3.41. The van der Waals surface area contributed by atoms with Crippen molar-refractivity contribution in [2.45, 2.75) is 33.0 Å². The summed E-state index contributed by atoms with van der Waals surface area (Å²) in [5.41, 5.74) is 4.70. The van der Waals surface area contributed by atoms with E-state index in [-0.39, 0.29) is 17.4 Å². The quantitative estimate of drug-likeness (QED) is 0.152. The van der Waals surface area contributed by atoms with Gasteiger partial charge in [0.2, 0.25) is 0 Å². The van der Waals surface area contributed by atoms with Crippen LogP contribution >= 0.6 is 15.9 Å². The Balaban J connectivity index is 1.55. The molecular formula is C34H30BrFN2O4. The third-order valence-electron chi connectivity index (χ3n) is 6.67. The van der Waals surface area contributed by atoms with E-state index in [0.29, 0.717) is 59.9 Å². The lowest BCUT2D eigenvalue weighted by Gasteiger charge is -2.17. The predicted octanol–water partition coefficient (Wildman–Crippen LogP) is 7.94. The molecule has 1 N–H and O–H groups in total. The van der Waals surface area contributed by atoms with E-state index in [0.717, 1.165) is 22.3 Å². The summed E-state index contributed by atoms with van der Waals surface area (Å²) in [5.74, 6) is 0.937. The van der Waals surface area contributed by atoms with Crippen LogP contribution in [0.2, 0.25) is 0 Å². The Kier molecular flexibility index (Phi) is 9.66. The largest absolute Gasteiger partial charge is 0.488 e. The van der Waals surface area contributed by atoms with Crippen LogP contribution in [0.25, 0.3) is 11.3 Å². The number of amides is 1. The van der Waals surface area contributed by atoms with E-state index in [2.05, 4.69) is 26.4 Å². The monoisotopic (exact) mass is 628 g/mol. The SMILES string of the molecule is CCNC(=O)c1noc(-c2cc(CCc3ccc(F)cc3)c(OCc3ccccc3)cc2OCc2ccccc2)c1Br. The molecule has 0 saturated heterocycles. The van der Waals surface area contributed by atoms with E-state index in [9.17, 15) is 9.18 Å². The molecule has 0 aliphatic rings. The fraction of sp³-hybridized carbons (Fsp3) is 0.176. The van der Waals surface area contributed by atoms with Crippen LogP contribution in [0.15, 0.2) is 106 Å². The second-order valence-corrected chi connectivity index (χ2v) is 10.5. The van der Waals surface area contributed by atoms with Crippen LogP contribution in [-0.4, -0.2) is 17.6 Å². The molecule has 6 nitrogen and oxygen atoms in total. The van der Waals surface area contributed by atoms with E-state index in [1.807, 2.05) is 79.7 Å². The van der Waals surface area contributed by atoms with Crippen molar-refractivity contribution in [1.82, 2.24) is 10.5 Å². The first kappa shape index (κ1) is 29.1. The van der Waals surface area contributed by atoms with Gasteiger partial charge < -0.3 is 19.3 Å². The molecule has 0 unspecified atom stereocenters. The molecular weight excluding hydrogens is 599 g/mol. The fourth-order valence-corrected chi connectivity index (χ4v) is 5.00. The van der Waals surface area contributed by atoms with Gasteiger partial charge in [-0.1, -0.05) is 78.0 Å². The highest BCUT2D eigenvalue weighted by molar-refractivity contribution is 9.10. The van der Waals surface area contributed by atoms with Gasteiger partial charge in [-0.05, 0) is 76.1 Å². The molecule has 0 fully saturated rings. The molecule has 0 aliphatic carbocycles. The molecule has 5 aromatic rings. The van der Waals surface area contributed by atoms with Crippen LogP contribution in [0.4, 0.5) is 4.39 Å². The first-order chi connectivity index (χ1) is 20.5. The van der Waals surface area contributed by atoms with E-state index in [1.54, 1.807) is 12.1 Å². The zero-order valence-corrected chi connectivity index (χ0v) is 24.7. The Morgan fingerprint density at radius 1 is 0.833 bits per heavy atom. The van der Waals surface area contributed by atoms with Gasteiger partial charge >= 0.3 is 0 Å². The number of nitrogens with zero attached hydrogens (tertiary/aromatic N) is 1. The van der Waals surface area contributed by atoms with Crippen LogP contribution in [0.1, 0.15) is 39.7 Å². The van der Waals surface area contributed by atoms with Gasteiger partial charge in [0.1, 0.15) is 30.5 Å². The number of benzene rings is 4. The number of aromatic nitrogens is 1. The summed E-state index contributed by atoms with van der Waals surface area (Å²) in [6.07, 6.45) is 1.27. The normalized spacial score (nSPS) is 10.8. The average molecular weight is 630 g/mol. The van der Waals surface area contributed by atoms with Gasteiger partial charge in [0.15, 0.2) is 11.5 Å². The van der Waals surface area contributed by atoms with Crippen LogP contribution in [-0.2, 0) is 26.1 Å². The summed E-state index contributed by atoms with van der Waals surface area (Å²) in [7, 11) is 0. The summed E-state index contributed by atoms with van der Waals surface area (Å²) in [6.45, 7) is 2.98. The van der Waals surface area contributed by atoms with Gasteiger partial charge in [-0.15, -0.1) is 0 Å². The van der Waals surface area contributed by atoms with Gasteiger partial charge in [0, 0.05) is 12.6 Å². The number of carbonyl (C=O) groups is 1. The van der Waals surface area contributed by atoms with Crippen molar-refractivity contribution in [3.05, 3.63) is 135 Å². The van der Waals surface area contributed by atoms with Crippen molar-refractivity contribution in [1.29, 1.82) is 0 Å². The van der Waals surface area contributed by atoms with Gasteiger partial charge in [0.05, 0.1) is 10.0 Å². The molecule has 1 heterocycles. The Morgan fingerprint density at radius 2 is 1.45 bits per heavy atom. The molecule has 4 aromatic carbocycles. The first-order valence-corrected chi connectivity index (χ1v) is 14.5. The summed E-state index contributed by atoms with van der Waals surface area (Å²) in [6, 6.07) is 30.1. The maximum absolute atomic E-state index is 13.5. The molecule has 5 rings (SSSR count). The highest BCUT2D eigenvalue weighted by atomic mass is 79.9. The van der Waals surface area contributed by atoms with Crippen LogP contribution in [0, 0.1) is 5.82 Å². The number of aryl methyl sites for hydroxylation is 2. The molecule has 0 atom stereocenters. The summed E-state index contributed by atoms with van der Waals surface area (Å²) < 4.78 is 32.4. The minimum Gasteiger partial charge on any atom is -0.488 e. The lowest BCUT2D eigenvalue weighted by atomic mass is 9.99.